The van der Waals surface area contributed by atoms with Gasteiger partial charge in [-0.05, 0) is 0 Å². The average Bonchev–Trinajstić information content (AvgIpc) is 1.21. The SMILES string of the molecule is O=S(O)OS(=O)(=O)O.[KH].[KH]. The molecule has 0 aromatic heterocycles. The van der Waals surface area contributed by atoms with E-state index in [1.54, 1.807) is 0 Å². The van der Waals surface area contributed by atoms with Gasteiger partial charge >= 0.3 is 125 Å². The summed E-state index contributed by atoms with van der Waals surface area (Å²) in [6.07, 6.45) is 0. The molecule has 6 nitrogen and oxygen atoms in total. The first kappa shape index (κ1) is 18.9. The third-order valence-electron chi connectivity index (χ3n) is 0.144. The molecule has 1 unspecified atom stereocenters. The van der Waals surface area contributed by atoms with Gasteiger partial charge in [0.25, 0.3) is 0 Å². The topological polar surface area (TPSA) is 101 Å². The van der Waals surface area contributed by atoms with Crippen LogP contribution in [0, 0.1) is 0 Å². The maximum atomic E-state index is 9.42. The van der Waals surface area contributed by atoms with Gasteiger partial charge in [0.2, 0.25) is 0 Å². The van der Waals surface area contributed by atoms with E-state index in [0.29, 0.717) is 0 Å². The summed E-state index contributed by atoms with van der Waals surface area (Å²) in [5, 5.41) is 0. The van der Waals surface area contributed by atoms with Crippen LogP contribution in [0.5, 0.6) is 0 Å². The monoisotopic (exact) mass is 242 g/mol. The van der Waals surface area contributed by atoms with Crippen molar-refractivity contribution in [3.05, 3.63) is 0 Å². The van der Waals surface area contributed by atoms with E-state index in [0.717, 1.165) is 0 Å². The van der Waals surface area contributed by atoms with Gasteiger partial charge in [-0.3, -0.25) is 9.11 Å². The van der Waals surface area contributed by atoms with Crippen molar-refractivity contribution in [2.45, 2.75) is 0 Å². The van der Waals surface area contributed by atoms with Crippen molar-refractivity contribution in [3.63, 3.8) is 0 Å². The van der Waals surface area contributed by atoms with Crippen LogP contribution in [0.25, 0.3) is 0 Å². The van der Waals surface area contributed by atoms with Gasteiger partial charge in [0.05, 0.1) is 0 Å². The van der Waals surface area contributed by atoms with E-state index in [-0.39, 0.29) is 103 Å². The quantitative estimate of drug-likeness (QED) is 0.319. The normalized spacial score (nSPS) is 12.6. The molecule has 0 aliphatic heterocycles. The molecule has 10 heavy (non-hydrogen) atoms. The van der Waals surface area contributed by atoms with Crippen molar-refractivity contribution in [1.82, 2.24) is 0 Å². The predicted molar refractivity (Wildman–Crippen MR) is 37.7 cm³/mol. The van der Waals surface area contributed by atoms with E-state index in [9.17, 15) is 12.6 Å². The molecule has 0 aliphatic rings. The van der Waals surface area contributed by atoms with Crippen molar-refractivity contribution >= 4 is 125 Å². The predicted octanol–water partition coefficient (Wildman–Crippen LogP) is -2.35. The van der Waals surface area contributed by atoms with E-state index in [2.05, 4.69) is 3.63 Å². The molecule has 0 amide bonds. The van der Waals surface area contributed by atoms with Gasteiger partial charge < -0.3 is 0 Å². The minimum atomic E-state index is -4.77. The van der Waals surface area contributed by atoms with Crippen molar-refractivity contribution in [1.29, 1.82) is 0 Å². The summed E-state index contributed by atoms with van der Waals surface area (Å²) in [4.78, 5) is 0. The van der Waals surface area contributed by atoms with Crippen LogP contribution in [-0.4, -0.2) is 125 Å². The molecule has 0 saturated carbocycles. The Balaban J connectivity index is -0.000000245. The summed E-state index contributed by atoms with van der Waals surface area (Å²) < 4.78 is 46.4. The van der Waals surface area contributed by atoms with E-state index in [1.165, 1.54) is 0 Å². The third kappa shape index (κ3) is 17.4. The Hall–Kier alpha value is 3.25. The van der Waals surface area contributed by atoms with Crippen molar-refractivity contribution in [2.24, 2.45) is 0 Å². The molecule has 10 heteroatoms. The van der Waals surface area contributed by atoms with E-state index in [4.69, 9.17) is 9.11 Å². The Labute approximate surface area is 146 Å². The zero-order valence-corrected chi connectivity index (χ0v) is 4.98. The van der Waals surface area contributed by atoms with Crippen LogP contribution in [0.1, 0.15) is 0 Å². The van der Waals surface area contributed by atoms with Crippen molar-refractivity contribution in [2.75, 3.05) is 0 Å². The number of rotatable bonds is 2. The molecule has 0 aliphatic carbocycles. The van der Waals surface area contributed by atoms with Gasteiger partial charge in [0.1, 0.15) is 0 Å². The molecular formula is H4K2O6S2. The van der Waals surface area contributed by atoms with Crippen molar-refractivity contribution < 1.29 is 25.4 Å². The first-order valence-electron chi connectivity index (χ1n) is 1.20. The Bertz CT molecular complexity index is 180. The molecule has 0 aromatic rings. The molecule has 54 valence electrons. The molecule has 0 fully saturated rings. The third-order valence-corrected chi connectivity index (χ3v) is 1.30. The van der Waals surface area contributed by atoms with E-state index in [1.807, 2.05) is 0 Å². The summed E-state index contributed by atoms with van der Waals surface area (Å²) in [5.74, 6) is 0. The van der Waals surface area contributed by atoms with Gasteiger partial charge in [0.15, 0.2) is 0 Å². The minimum absolute atomic E-state index is 0. The standard InChI is InChI=1S/2K.H2O6S2.2H/c;;1-7(2)6-8(3,4)5;;/h;;(H,1,2)(H,3,4,5);;. The average molecular weight is 242 g/mol. The fraction of sp³-hybridized carbons (Fsp3) is 0. The summed E-state index contributed by atoms with van der Waals surface area (Å²) >= 11 is -2.97. The second-order valence-corrected chi connectivity index (χ2v) is 2.55. The van der Waals surface area contributed by atoms with Crippen molar-refractivity contribution in [3.8, 4) is 0 Å². The zero-order chi connectivity index (χ0) is 6.78. The van der Waals surface area contributed by atoms with Crippen LogP contribution in [0.2, 0.25) is 0 Å². The van der Waals surface area contributed by atoms with E-state index < -0.39 is 21.8 Å². The van der Waals surface area contributed by atoms with Crippen LogP contribution in [-0.2, 0) is 25.4 Å². The van der Waals surface area contributed by atoms with Gasteiger partial charge in [-0.1, -0.05) is 0 Å². The van der Waals surface area contributed by atoms with Crippen LogP contribution >= 0.6 is 0 Å². The fourth-order valence-corrected chi connectivity index (χ4v) is 0.662. The fourth-order valence-electron chi connectivity index (χ4n) is 0.0736. The molecule has 0 radical (unpaired) electrons. The molecule has 1 atom stereocenters. The summed E-state index contributed by atoms with van der Waals surface area (Å²) in [5.41, 5.74) is 0. The number of hydrogen-bond acceptors (Lipinski definition) is 4. The molecule has 0 spiro atoms. The second kappa shape index (κ2) is 8.83. The molecular weight excluding hydrogens is 238 g/mol. The van der Waals surface area contributed by atoms with Crippen LogP contribution in [0.3, 0.4) is 0 Å². The zero-order valence-electron chi connectivity index (χ0n) is 3.34. The van der Waals surface area contributed by atoms with E-state index >= 15 is 0 Å². The Morgan fingerprint density at radius 2 is 1.60 bits per heavy atom. The Kier molecular flexibility index (Phi) is 16.7. The number of hydrogen-bond donors (Lipinski definition) is 2. The Morgan fingerprint density at radius 1 is 1.30 bits per heavy atom. The van der Waals surface area contributed by atoms with Gasteiger partial charge in [-0.25, -0.2) is 0 Å². The summed E-state index contributed by atoms with van der Waals surface area (Å²) in [7, 11) is -4.77. The molecule has 0 rings (SSSR count). The maximum absolute atomic E-state index is 9.42. The second-order valence-electron chi connectivity index (χ2n) is 0.713. The molecule has 0 heterocycles. The molecule has 0 saturated heterocycles. The molecule has 0 bridgehead atoms. The first-order valence-corrected chi connectivity index (χ1v) is 3.60. The Morgan fingerprint density at radius 3 is 1.60 bits per heavy atom. The van der Waals surface area contributed by atoms with Gasteiger partial charge in [-0.2, -0.15) is 12.6 Å². The van der Waals surface area contributed by atoms with Gasteiger partial charge in [-0.15, -0.1) is 3.63 Å². The van der Waals surface area contributed by atoms with Gasteiger partial charge in [0, 0.05) is 0 Å². The first-order chi connectivity index (χ1) is 3.42. The summed E-state index contributed by atoms with van der Waals surface area (Å²) in [6, 6.07) is 0. The summed E-state index contributed by atoms with van der Waals surface area (Å²) in [6.45, 7) is 0. The van der Waals surface area contributed by atoms with Crippen LogP contribution < -0.4 is 0 Å². The van der Waals surface area contributed by atoms with Crippen LogP contribution in [0.15, 0.2) is 0 Å². The molecule has 2 N–H and O–H groups in total. The van der Waals surface area contributed by atoms with Crippen LogP contribution in [0.4, 0.5) is 0 Å². The molecule has 0 aromatic carbocycles.